The Labute approximate surface area is 40.7 Å². The predicted molar refractivity (Wildman–Crippen MR) is 25.3 cm³/mol. The van der Waals surface area contributed by atoms with Crippen molar-refractivity contribution < 1.29 is 4.43 Å². The Kier molecular flexibility index (Phi) is 3.04. The predicted octanol–water partition coefficient (Wildman–Crippen LogP) is 0.362. The van der Waals surface area contributed by atoms with E-state index in [-0.39, 0.29) is 5.44 Å². The van der Waals surface area contributed by atoms with Crippen molar-refractivity contribution in [3.63, 3.8) is 0 Å². The number of hydrogen-bond donors (Lipinski definition) is 1. The maximum absolute atomic E-state index is 4.42. The Morgan fingerprint density at radius 3 is 2.20 bits per heavy atom. The van der Waals surface area contributed by atoms with Crippen LogP contribution < -0.4 is 0 Å². The fourth-order valence-corrected chi connectivity index (χ4v) is 0. The van der Waals surface area contributed by atoms with Crippen molar-refractivity contribution in [2.45, 2.75) is 12.4 Å². The van der Waals surface area contributed by atoms with E-state index in [1.165, 1.54) is 0 Å². The first-order valence-corrected chi connectivity index (χ1v) is 2.20. The second kappa shape index (κ2) is 2.75. The SMILES string of the molecule is CC(S)O[Si]. The highest BCUT2D eigenvalue weighted by Gasteiger charge is 1.79. The molecule has 0 heterocycles. The molecule has 0 saturated carbocycles. The van der Waals surface area contributed by atoms with Gasteiger partial charge in [-0.2, -0.15) is 0 Å². The van der Waals surface area contributed by atoms with Gasteiger partial charge in [0.15, 0.2) is 0 Å². The standard InChI is InChI=1S/C2H5OSSi/c1-2(4)3-5/h2,4H,1H3. The highest BCUT2D eigenvalue weighted by atomic mass is 32.1. The van der Waals surface area contributed by atoms with Gasteiger partial charge in [0.1, 0.15) is 0 Å². The fourth-order valence-electron chi connectivity index (χ4n) is 0. The van der Waals surface area contributed by atoms with Crippen LogP contribution in [0.3, 0.4) is 0 Å². The first-order chi connectivity index (χ1) is 2.27. The average Bonchev–Trinajstić information content (AvgIpc) is 1.38. The summed E-state index contributed by atoms with van der Waals surface area (Å²) in [5.74, 6) is 0. The maximum Gasteiger partial charge on any atom is 0.247 e. The van der Waals surface area contributed by atoms with E-state index in [1.807, 2.05) is 6.92 Å². The number of rotatable bonds is 1. The zero-order chi connectivity index (χ0) is 4.28. The minimum absolute atomic E-state index is 0.00772. The molecule has 5 heavy (non-hydrogen) atoms. The molecule has 1 nitrogen and oxygen atoms in total. The van der Waals surface area contributed by atoms with Crippen molar-refractivity contribution in [3.8, 4) is 0 Å². The summed E-state index contributed by atoms with van der Waals surface area (Å²) in [5.41, 5.74) is -0.00772. The molecule has 0 aliphatic heterocycles. The lowest BCUT2D eigenvalue weighted by molar-refractivity contribution is 0.342. The van der Waals surface area contributed by atoms with Crippen LogP contribution in [0.25, 0.3) is 0 Å². The van der Waals surface area contributed by atoms with E-state index in [9.17, 15) is 0 Å². The van der Waals surface area contributed by atoms with Crippen molar-refractivity contribution in [3.05, 3.63) is 0 Å². The lowest BCUT2D eigenvalue weighted by atomic mass is 10.9. The van der Waals surface area contributed by atoms with Crippen LogP contribution >= 0.6 is 12.6 Å². The maximum atomic E-state index is 4.42. The van der Waals surface area contributed by atoms with Gasteiger partial charge in [-0.3, -0.25) is 0 Å². The van der Waals surface area contributed by atoms with E-state index in [0.29, 0.717) is 0 Å². The molecular formula is C2H5OSSi. The van der Waals surface area contributed by atoms with Crippen molar-refractivity contribution in [1.82, 2.24) is 0 Å². The summed E-state index contributed by atoms with van der Waals surface area (Å²) in [6.45, 7) is 1.82. The molecule has 0 spiro atoms. The molecule has 0 aliphatic rings. The fraction of sp³-hybridized carbons (Fsp3) is 1.00. The monoisotopic (exact) mass is 105 g/mol. The Balaban J connectivity index is 2.54. The first kappa shape index (κ1) is 5.53. The summed E-state index contributed by atoms with van der Waals surface area (Å²) < 4.78 is 4.42. The molecule has 0 aliphatic carbocycles. The second-order valence-corrected chi connectivity index (χ2v) is 1.68. The summed E-state index contributed by atoms with van der Waals surface area (Å²) in [6, 6.07) is 0. The molecule has 0 rings (SSSR count). The molecule has 29 valence electrons. The van der Waals surface area contributed by atoms with Gasteiger partial charge in [-0.1, -0.05) is 0 Å². The summed E-state index contributed by atoms with van der Waals surface area (Å²) in [7, 11) is 2.78. The Hall–Kier alpha value is 0.527. The highest BCUT2D eigenvalue weighted by molar-refractivity contribution is 7.80. The van der Waals surface area contributed by atoms with Gasteiger partial charge >= 0.3 is 0 Å². The molecule has 0 saturated heterocycles. The van der Waals surface area contributed by atoms with Crippen LogP contribution in [0.15, 0.2) is 0 Å². The molecule has 0 fully saturated rings. The quantitative estimate of drug-likeness (QED) is 0.288. The number of thiol groups is 1. The summed E-state index contributed by atoms with van der Waals surface area (Å²) in [6.07, 6.45) is 0. The summed E-state index contributed by atoms with van der Waals surface area (Å²) in [4.78, 5) is 0. The molecule has 0 aromatic rings. The number of hydrogen-bond acceptors (Lipinski definition) is 2. The third kappa shape index (κ3) is 4.53. The van der Waals surface area contributed by atoms with Crippen molar-refractivity contribution in [1.29, 1.82) is 0 Å². The Morgan fingerprint density at radius 1 is 2.00 bits per heavy atom. The van der Waals surface area contributed by atoms with Gasteiger partial charge in [0.25, 0.3) is 0 Å². The summed E-state index contributed by atoms with van der Waals surface area (Å²) in [5, 5.41) is 0. The van der Waals surface area contributed by atoms with Crippen LogP contribution in [0.2, 0.25) is 0 Å². The van der Waals surface area contributed by atoms with Gasteiger partial charge < -0.3 is 4.43 Å². The van der Waals surface area contributed by atoms with Gasteiger partial charge in [-0.25, -0.2) is 0 Å². The molecule has 0 bridgehead atoms. The molecule has 1 unspecified atom stereocenters. The first-order valence-electron chi connectivity index (χ1n) is 1.28. The van der Waals surface area contributed by atoms with Gasteiger partial charge in [0.2, 0.25) is 10.5 Å². The highest BCUT2D eigenvalue weighted by Crippen LogP contribution is 1.87. The topological polar surface area (TPSA) is 9.23 Å². The van der Waals surface area contributed by atoms with E-state index in [0.717, 1.165) is 0 Å². The van der Waals surface area contributed by atoms with E-state index in [1.54, 1.807) is 0 Å². The molecule has 0 aromatic heterocycles. The summed E-state index contributed by atoms with van der Waals surface area (Å²) >= 11 is 3.83. The van der Waals surface area contributed by atoms with Crippen LogP contribution in [-0.4, -0.2) is 15.9 Å². The van der Waals surface area contributed by atoms with Gasteiger partial charge in [0, 0.05) is 0 Å². The molecule has 1 atom stereocenters. The molecular weight excluding hydrogens is 100 g/mol. The lowest BCUT2D eigenvalue weighted by Crippen LogP contribution is -1.92. The van der Waals surface area contributed by atoms with Crippen LogP contribution in [0, 0.1) is 0 Å². The smallest absolute Gasteiger partial charge is 0.247 e. The van der Waals surface area contributed by atoms with Gasteiger partial charge in [0.05, 0.1) is 5.44 Å². The van der Waals surface area contributed by atoms with Gasteiger partial charge in [-0.15, -0.1) is 12.6 Å². The molecule has 0 amide bonds. The third-order valence-electron chi connectivity index (χ3n) is 0.171. The van der Waals surface area contributed by atoms with Crippen LogP contribution in [0.1, 0.15) is 6.92 Å². The molecule has 3 heteroatoms. The van der Waals surface area contributed by atoms with E-state index < -0.39 is 0 Å². The third-order valence-corrected chi connectivity index (χ3v) is 0.828. The largest absolute Gasteiger partial charge is 0.407 e. The minimum atomic E-state index is -0.00772. The van der Waals surface area contributed by atoms with Crippen LogP contribution in [0.5, 0.6) is 0 Å². The van der Waals surface area contributed by atoms with Crippen molar-refractivity contribution >= 4 is 23.1 Å². The van der Waals surface area contributed by atoms with E-state index in [4.69, 9.17) is 0 Å². The minimum Gasteiger partial charge on any atom is -0.407 e. The van der Waals surface area contributed by atoms with E-state index in [2.05, 4.69) is 27.5 Å². The van der Waals surface area contributed by atoms with Crippen LogP contribution in [-0.2, 0) is 4.43 Å². The lowest BCUT2D eigenvalue weighted by Gasteiger charge is -1.93. The Morgan fingerprint density at radius 2 is 2.20 bits per heavy atom. The van der Waals surface area contributed by atoms with Crippen LogP contribution in [0.4, 0.5) is 0 Å². The molecule has 3 radical (unpaired) electrons. The second-order valence-electron chi connectivity index (χ2n) is 0.717. The zero-order valence-corrected chi connectivity index (χ0v) is 4.83. The molecule has 0 aromatic carbocycles. The molecule has 0 N–H and O–H groups in total. The average molecular weight is 105 g/mol. The van der Waals surface area contributed by atoms with E-state index >= 15 is 0 Å². The van der Waals surface area contributed by atoms with Crippen molar-refractivity contribution in [2.75, 3.05) is 0 Å². The van der Waals surface area contributed by atoms with Gasteiger partial charge in [-0.05, 0) is 6.92 Å². The van der Waals surface area contributed by atoms with Crippen molar-refractivity contribution in [2.24, 2.45) is 0 Å². The normalized spacial score (nSPS) is 15.0. The zero-order valence-electron chi connectivity index (χ0n) is 2.93. The Bertz CT molecular complexity index is 23.6.